The predicted molar refractivity (Wildman–Crippen MR) is 56.0 cm³/mol. The molecule has 0 amide bonds. The summed E-state index contributed by atoms with van der Waals surface area (Å²) in [7, 11) is 1.57. The van der Waals surface area contributed by atoms with Gasteiger partial charge in [-0.25, -0.2) is 0 Å². The molecule has 1 nitrogen and oxygen atoms in total. The van der Waals surface area contributed by atoms with Gasteiger partial charge in [0.2, 0.25) is 0 Å². The molecule has 0 aliphatic carbocycles. The molecule has 1 aromatic rings. The van der Waals surface area contributed by atoms with Crippen LogP contribution in [0.1, 0.15) is 0 Å². The third-order valence-electron chi connectivity index (χ3n) is 1.35. The molecular weight excluding hydrogens is 210 g/mol. The van der Waals surface area contributed by atoms with Crippen molar-refractivity contribution in [3.63, 3.8) is 0 Å². The van der Waals surface area contributed by atoms with E-state index in [1.165, 1.54) is 4.90 Å². The van der Waals surface area contributed by atoms with E-state index in [1.807, 2.05) is 23.6 Å². The second-order valence-corrected chi connectivity index (χ2v) is 5.68. The lowest BCUT2D eigenvalue weighted by atomic mass is 10.4. The number of rotatable bonds is 1. The molecule has 0 aromatic heterocycles. The van der Waals surface area contributed by atoms with Crippen LogP contribution >= 0.6 is 22.4 Å². The van der Waals surface area contributed by atoms with Crippen LogP contribution in [0.4, 0.5) is 0 Å². The van der Waals surface area contributed by atoms with Crippen LogP contribution in [-0.2, 0) is 9.72 Å². The Bertz CT molecular complexity index is 345. The van der Waals surface area contributed by atoms with Crippen molar-refractivity contribution >= 4 is 32.1 Å². The molecule has 62 valence electrons. The lowest BCUT2D eigenvalue weighted by Crippen LogP contribution is -1.78. The minimum Gasteiger partial charge on any atom is -0.199 e. The fourth-order valence-electron chi connectivity index (χ4n) is 0.853. The first kappa shape index (κ1) is 8.35. The second kappa shape index (κ2) is 3.64. The Labute approximate surface area is 82.3 Å². The van der Waals surface area contributed by atoms with Crippen LogP contribution in [0.25, 0.3) is 0 Å². The van der Waals surface area contributed by atoms with E-state index in [2.05, 4.69) is 16.5 Å². The zero-order chi connectivity index (χ0) is 8.39. The molecule has 1 aliphatic heterocycles. The minimum atomic E-state index is -0.104. The highest BCUT2D eigenvalue weighted by molar-refractivity contribution is 8.71. The summed E-state index contributed by atoms with van der Waals surface area (Å²) in [5.41, 5.74) is 0. The Kier molecular flexibility index (Phi) is 2.54. The fraction of sp³-hybridized carbons (Fsp3) is 0. The SMILES string of the molecule is ClC1=CSS(c2ccccc2)=N1. The largest absolute Gasteiger partial charge is 0.199 e. The zero-order valence-corrected chi connectivity index (χ0v) is 8.49. The van der Waals surface area contributed by atoms with E-state index < -0.39 is 0 Å². The lowest BCUT2D eigenvalue weighted by Gasteiger charge is -1.97. The first-order valence-corrected chi connectivity index (χ1v) is 6.36. The third-order valence-corrected chi connectivity index (χ3v) is 4.95. The van der Waals surface area contributed by atoms with Gasteiger partial charge < -0.3 is 0 Å². The van der Waals surface area contributed by atoms with Crippen molar-refractivity contribution < 1.29 is 0 Å². The van der Waals surface area contributed by atoms with Gasteiger partial charge in [-0.2, -0.15) is 4.36 Å². The van der Waals surface area contributed by atoms with E-state index in [-0.39, 0.29) is 9.72 Å². The van der Waals surface area contributed by atoms with Gasteiger partial charge in [-0.3, -0.25) is 0 Å². The maximum Gasteiger partial charge on any atom is 0.144 e. The summed E-state index contributed by atoms with van der Waals surface area (Å²) in [4.78, 5) is 1.23. The van der Waals surface area contributed by atoms with Gasteiger partial charge in [0.25, 0.3) is 0 Å². The summed E-state index contributed by atoms with van der Waals surface area (Å²) in [6.07, 6.45) is 0. The Balaban J connectivity index is 2.30. The van der Waals surface area contributed by atoms with Crippen molar-refractivity contribution in [1.29, 1.82) is 0 Å². The van der Waals surface area contributed by atoms with Gasteiger partial charge in [0, 0.05) is 20.0 Å². The molecular formula is C8H6ClNS2. The normalized spacial score (nSPS) is 21.8. The summed E-state index contributed by atoms with van der Waals surface area (Å²) >= 11 is 5.74. The molecule has 1 unspecified atom stereocenters. The van der Waals surface area contributed by atoms with Crippen LogP contribution in [0.5, 0.6) is 0 Å². The van der Waals surface area contributed by atoms with Crippen LogP contribution in [-0.4, -0.2) is 0 Å². The fourth-order valence-corrected chi connectivity index (χ4v) is 4.21. The van der Waals surface area contributed by atoms with Crippen molar-refractivity contribution in [3.05, 3.63) is 40.9 Å². The molecule has 12 heavy (non-hydrogen) atoms. The average Bonchev–Trinajstić information content (AvgIpc) is 2.54. The predicted octanol–water partition coefficient (Wildman–Crippen LogP) is 3.55. The van der Waals surface area contributed by atoms with E-state index in [4.69, 9.17) is 11.6 Å². The van der Waals surface area contributed by atoms with Crippen LogP contribution in [0.15, 0.2) is 50.2 Å². The molecule has 1 heterocycles. The van der Waals surface area contributed by atoms with Crippen LogP contribution in [0.2, 0.25) is 0 Å². The maximum absolute atomic E-state index is 5.74. The smallest absolute Gasteiger partial charge is 0.144 e. The van der Waals surface area contributed by atoms with E-state index in [0.717, 1.165) is 0 Å². The summed E-state index contributed by atoms with van der Waals surface area (Å²) in [6, 6.07) is 10.2. The van der Waals surface area contributed by atoms with Crippen LogP contribution < -0.4 is 0 Å². The summed E-state index contributed by atoms with van der Waals surface area (Å²) < 4.78 is 4.28. The van der Waals surface area contributed by atoms with Gasteiger partial charge in [0.05, 0.1) is 0 Å². The zero-order valence-electron chi connectivity index (χ0n) is 6.11. The molecule has 0 bridgehead atoms. The van der Waals surface area contributed by atoms with Crippen molar-refractivity contribution in [2.45, 2.75) is 4.90 Å². The van der Waals surface area contributed by atoms with Crippen LogP contribution in [0, 0.1) is 0 Å². The van der Waals surface area contributed by atoms with Crippen molar-refractivity contribution in [3.8, 4) is 0 Å². The molecule has 1 aromatic carbocycles. The average molecular weight is 216 g/mol. The second-order valence-electron chi connectivity index (χ2n) is 2.19. The monoisotopic (exact) mass is 215 g/mol. The summed E-state index contributed by atoms with van der Waals surface area (Å²) in [5.74, 6) is 0. The van der Waals surface area contributed by atoms with Gasteiger partial charge in [-0.05, 0) is 22.9 Å². The molecule has 0 saturated heterocycles. The minimum absolute atomic E-state index is 0.104. The Morgan fingerprint density at radius 3 is 2.58 bits per heavy atom. The Hall–Kier alpha value is -0.250. The molecule has 4 heteroatoms. The van der Waals surface area contributed by atoms with Gasteiger partial charge in [0.1, 0.15) is 5.16 Å². The number of hydrogen-bond acceptors (Lipinski definition) is 2. The lowest BCUT2D eigenvalue weighted by molar-refractivity contribution is 1.45. The molecule has 1 aliphatic rings. The number of halogens is 1. The van der Waals surface area contributed by atoms with Crippen molar-refractivity contribution in [2.75, 3.05) is 0 Å². The number of hydrogen-bond donors (Lipinski definition) is 0. The van der Waals surface area contributed by atoms with Gasteiger partial charge in [-0.1, -0.05) is 29.8 Å². The Morgan fingerprint density at radius 1 is 1.25 bits per heavy atom. The van der Waals surface area contributed by atoms with Crippen molar-refractivity contribution in [2.24, 2.45) is 4.36 Å². The number of benzene rings is 1. The molecule has 0 fully saturated rings. The molecule has 0 saturated carbocycles. The molecule has 2 rings (SSSR count). The first-order valence-electron chi connectivity index (χ1n) is 3.40. The molecule has 0 spiro atoms. The van der Waals surface area contributed by atoms with E-state index in [9.17, 15) is 0 Å². The van der Waals surface area contributed by atoms with Gasteiger partial charge >= 0.3 is 0 Å². The molecule has 1 atom stereocenters. The highest BCUT2D eigenvalue weighted by Gasteiger charge is 2.07. The molecule has 0 N–H and O–H groups in total. The highest BCUT2D eigenvalue weighted by atomic mass is 35.5. The topological polar surface area (TPSA) is 12.4 Å². The maximum atomic E-state index is 5.74. The first-order chi connectivity index (χ1) is 5.86. The summed E-state index contributed by atoms with van der Waals surface area (Å²) in [5, 5.41) is 2.50. The Morgan fingerprint density at radius 2 is 2.00 bits per heavy atom. The quantitative estimate of drug-likeness (QED) is 0.516. The number of nitrogens with zero attached hydrogens (tertiary/aromatic N) is 1. The third kappa shape index (κ3) is 1.73. The van der Waals surface area contributed by atoms with E-state index in [1.54, 1.807) is 10.8 Å². The summed E-state index contributed by atoms with van der Waals surface area (Å²) in [6.45, 7) is 0. The highest BCUT2D eigenvalue weighted by Crippen LogP contribution is 2.32. The van der Waals surface area contributed by atoms with E-state index in [0.29, 0.717) is 5.16 Å². The molecule has 0 radical (unpaired) electrons. The van der Waals surface area contributed by atoms with Crippen molar-refractivity contribution in [1.82, 2.24) is 0 Å². The van der Waals surface area contributed by atoms with Gasteiger partial charge in [-0.15, -0.1) is 0 Å². The van der Waals surface area contributed by atoms with Gasteiger partial charge in [0.15, 0.2) is 0 Å². The standard InChI is InChI=1S/C8H6ClNS2/c9-8-6-11-12(10-8)7-4-2-1-3-5-7/h1-6H. The van der Waals surface area contributed by atoms with Crippen LogP contribution in [0.3, 0.4) is 0 Å². The van der Waals surface area contributed by atoms with E-state index >= 15 is 0 Å².